The predicted molar refractivity (Wildman–Crippen MR) is 50.1 cm³/mol. The first-order valence-corrected chi connectivity index (χ1v) is 6.50. The van der Waals surface area contributed by atoms with Gasteiger partial charge in [0.2, 0.25) is 5.91 Å². The Hall–Kier alpha value is -0.580. The van der Waals surface area contributed by atoms with Crippen molar-refractivity contribution in [1.82, 2.24) is 5.32 Å². The third-order valence-corrected chi connectivity index (χ3v) is 2.97. The summed E-state index contributed by atoms with van der Waals surface area (Å²) in [6.45, 7) is 0.475. The molecule has 0 aliphatic heterocycles. The number of hydrogen-bond donors (Lipinski definition) is 1. The van der Waals surface area contributed by atoms with Gasteiger partial charge in [-0.05, 0) is 19.3 Å². The minimum absolute atomic E-state index is 0.0773. The number of carbonyl (C=O) groups excluding carboxylic acids is 1. The summed E-state index contributed by atoms with van der Waals surface area (Å²) in [4.78, 5) is 11.1. The Kier molecular flexibility index (Phi) is 3.30. The molecule has 4 nitrogen and oxygen atoms in total. The summed E-state index contributed by atoms with van der Waals surface area (Å²) in [5.41, 5.74) is 0. The third-order valence-electron chi connectivity index (χ3n) is 1.94. The molecule has 0 aromatic heterocycles. The van der Waals surface area contributed by atoms with E-state index in [0.717, 1.165) is 12.8 Å². The van der Waals surface area contributed by atoms with Crippen molar-refractivity contribution in [2.75, 3.05) is 18.6 Å². The molecule has 1 fully saturated rings. The zero-order chi connectivity index (χ0) is 9.90. The molecule has 5 heteroatoms. The molecule has 0 radical (unpaired) electrons. The van der Waals surface area contributed by atoms with E-state index in [1.807, 2.05) is 0 Å². The van der Waals surface area contributed by atoms with Crippen LogP contribution in [-0.4, -0.2) is 32.9 Å². The molecule has 0 spiro atoms. The Balaban J connectivity index is 2.04. The highest BCUT2D eigenvalue weighted by Gasteiger charge is 2.28. The number of sulfone groups is 1. The smallest absolute Gasteiger partial charge is 0.223 e. The first kappa shape index (κ1) is 10.5. The molecular formula is C8H15NO3S. The van der Waals surface area contributed by atoms with Crippen molar-refractivity contribution in [1.29, 1.82) is 0 Å². The van der Waals surface area contributed by atoms with Gasteiger partial charge in [-0.25, -0.2) is 8.42 Å². The Morgan fingerprint density at radius 3 is 2.54 bits per heavy atom. The highest BCUT2D eigenvalue weighted by molar-refractivity contribution is 7.90. The maximum atomic E-state index is 11.1. The highest BCUT2D eigenvalue weighted by atomic mass is 32.2. The number of carbonyl (C=O) groups is 1. The van der Waals surface area contributed by atoms with E-state index in [9.17, 15) is 13.2 Å². The maximum absolute atomic E-state index is 11.1. The molecule has 13 heavy (non-hydrogen) atoms. The first-order valence-electron chi connectivity index (χ1n) is 4.44. The van der Waals surface area contributed by atoms with Gasteiger partial charge in [0.05, 0.1) is 5.75 Å². The fourth-order valence-electron chi connectivity index (χ4n) is 1.04. The molecule has 0 atom stereocenters. The lowest BCUT2D eigenvalue weighted by Gasteiger charge is -2.02. The van der Waals surface area contributed by atoms with Gasteiger partial charge >= 0.3 is 0 Å². The Morgan fingerprint density at radius 2 is 2.08 bits per heavy atom. The Bertz CT molecular complexity index is 280. The van der Waals surface area contributed by atoms with Crippen LogP contribution in [0.1, 0.15) is 19.3 Å². The molecule has 76 valence electrons. The molecule has 0 aromatic carbocycles. The molecule has 1 amide bonds. The van der Waals surface area contributed by atoms with Crippen molar-refractivity contribution in [3.05, 3.63) is 0 Å². The lowest BCUT2D eigenvalue weighted by Crippen LogP contribution is -2.27. The second-order valence-corrected chi connectivity index (χ2v) is 5.81. The van der Waals surface area contributed by atoms with Crippen LogP contribution in [0.15, 0.2) is 0 Å². The number of amides is 1. The van der Waals surface area contributed by atoms with Gasteiger partial charge in [0.25, 0.3) is 0 Å². The standard InChI is InChI=1S/C8H15NO3S/c1-13(11,12)6-2-5-9-8(10)7-3-4-7/h7H,2-6H2,1H3,(H,9,10). The van der Waals surface area contributed by atoms with Gasteiger partial charge in [0.15, 0.2) is 0 Å². The van der Waals surface area contributed by atoms with Gasteiger partial charge in [-0.2, -0.15) is 0 Å². The highest BCUT2D eigenvalue weighted by Crippen LogP contribution is 2.28. The summed E-state index contributed by atoms with van der Waals surface area (Å²) in [6, 6.07) is 0. The van der Waals surface area contributed by atoms with Crippen LogP contribution < -0.4 is 5.32 Å². The van der Waals surface area contributed by atoms with E-state index in [4.69, 9.17) is 0 Å². The van der Waals surface area contributed by atoms with E-state index in [0.29, 0.717) is 13.0 Å². The Labute approximate surface area is 78.6 Å². The van der Waals surface area contributed by atoms with Crippen LogP contribution in [0.4, 0.5) is 0 Å². The van der Waals surface area contributed by atoms with E-state index < -0.39 is 9.84 Å². The summed E-state index contributed by atoms with van der Waals surface area (Å²) in [7, 11) is -2.88. The summed E-state index contributed by atoms with van der Waals surface area (Å²) < 4.78 is 21.4. The average Bonchev–Trinajstić information content (AvgIpc) is 2.77. The molecule has 1 saturated carbocycles. The van der Waals surface area contributed by atoms with Crippen molar-refractivity contribution in [3.63, 3.8) is 0 Å². The minimum atomic E-state index is -2.88. The monoisotopic (exact) mass is 205 g/mol. The fourth-order valence-corrected chi connectivity index (χ4v) is 1.70. The van der Waals surface area contributed by atoms with Crippen molar-refractivity contribution < 1.29 is 13.2 Å². The number of rotatable bonds is 5. The second kappa shape index (κ2) is 4.09. The third kappa shape index (κ3) is 4.87. The van der Waals surface area contributed by atoms with Crippen molar-refractivity contribution in [3.8, 4) is 0 Å². The molecule has 1 N–H and O–H groups in total. The van der Waals surface area contributed by atoms with Crippen molar-refractivity contribution in [2.45, 2.75) is 19.3 Å². The van der Waals surface area contributed by atoms with E-state index >= 15 is 0 Å². The second-order valence-electron chi connectivity index (χ2n) is 3.55. The lowest BCUT2D eigenvalue weighted by molar-refractivity contribution is -0.122. The van der Waals surface area contributed by atoms with Crippen molar-refractivity contribution >= 4 is 15.7 Å². The van der Waals surface area contributed by atoms with Gasteiger partial charge in [0.1, 0.15) is 9.84 Å². The van der Waals surface area contributed by atoms with Crippen LogP contribution in [0, 0.1) is 5.92 Å². The zero-order valence-corrected chi connectivity index (χ0v) is 8.56. The predicted octanol–water partition coefficient (Wildman–Crippen LogP) is -0.0527. The van der Waals surface area contributed by atoms with E-state index in [1.165, 1.54) is 6.26 Å². The van der Waals surface area contributed by atoms with Gasteiger partial charge in [-0.1, -0.05) is 0 Å². The van der Waals surface area contributed by atoms with Crippen LogP contribution in [-0.2, 0) is 14.6 Å². The summed E-state index contributed by atoms with van der Waals surface area (Å²) >= 11 is 0. The maximum Gasteiger partial charge on any atom is 0.223 e. The molecule has 1 aliphatic rings. The molecule has 0 aromatic rings. The van der Waals surface area contributed by atoms with Crippen LogP contribution in [0.3, 0.4) is 0 Å². The fraction of sp³-hybridized carbons (Fsp3) is 0.875. The average molecular weight is 205 g/mol. The Morgan fingerprint density at radius 1 is 1.46 bits per heavy atom. The SMILES string of the molecule is CS(=O)(=O)CCCNC(=O)C1CC1. The van der Waals surface area contributed by atoms with Gasteiger partial charge in [-0.15, -0.1) is 0 Å². The number of hydrogen-bond acceptors (Lipinski definition) is 3. The van der Waals surface area contributed by atoms with Gasteiger partial charge < -0.3 is 5.32 Å². The first-order chi connectivity index (χ1) is 5.99. The molecule has 1 aliphatic carbocycles. The summed E-state index contributed by atoms with van der Waals surface area (Å²) in [5.74, 6) is 0.435. The van der Waals surface area contributed by atoms with Crippen LogP contribution in [0.25, 0.3) is 0 Å². The molecule has 0 saturated heterocycles. The molecule has 0 unspecified atom stereocenters. The lowest BCUT2D eigenvalue weighted by atomic mass is 10.4. The van der Waals surface area contributed by atoms with Crippen LogP contribution in [0.5, 0.6) is 0 Å². The summed E-state index contributed by atoms with van der Waals surface area (Å²) in [6.07, 6.45) is 3.68. The number of nitrogens with one attached hydrogen (secondary N) is 1. The topological polar surface area (TPSA) is 63.2 Å². The van der Waals surface area contributed by atoms with Crippen molar-refractivity contribution in [2.24, 2.45) is 5.92 Å². The minimum Gasteiger partial charge on any atom is -0.356 e. The van der Waals surface area contributed by atoms with Crippen LogP contribution in [0.2, 0.25) is 0 Å². The molecular weight excluding hydrogens is 190 g/mol. The largest absolute Gasteiger partial charge is 0.356 e. The normalized spacial score (nSPS) is 17.0. The van der Waals surface area contributed by atoms with E-state index in [-0.39, 0.29) is 17.6 Å². The van der Waals surface area contributed by atoms with E-state index in [1.54, 1.807) is 0 Å². The molecule has 1 rings (SSSR count). The molecule has 0 heterocycles. The molecule has 0 bridgehead atoms. The van der Waals surface area contributed by atoms with Crippen LogP contribution >= 0.6 is 0 Å². The summed E-state index contributed by atoms with van der Waals surface area (Å²) in [5, 5.41) is 2.71. The quantitative estimate of drug-likeness (QED) is 0.640. The zero-order valence-electron chi connectivity index (χ0n) is 7.75. The van der Waals surface area contributed by atoms with E-state index in [2.05, 4.69) is 5.32 Å². The van der Waals surface area contributed by atoms with Gasteiger partial charge in [-0.3, -0.25) is 4.79 Å². The van der Waals surface area contributed by atoms with Gasteiger partial charge in [0, 0.05) is 18.7 Å².